The summed E-state index contributed by atoms with van der Waals surface area (Å²) in [6.07, 6.45) is 4.86. The van der Waals surface area contributed by atoms with Gasteiger partial charge in [0.05, 0.1) is 5.97 Å². The van der Waals surface area contributed by atoms with Gasteiger partial charge < -0.3 is 24.7 Å². The van der Waals surface area contributed by atoms with E-state index in [1.54, 1.807) is 29.2 Å². The normalized spacial score (nSPS) is 20.2. The molecule has 0 saturated carbocycles. The summed E-state index contributed by atoms with van der Waals surface area (Å²) in [5, 5.41) is 10.9. The van der Waals surface area contributed by atoms with Gasteiger partial charge in [-0.25, -0.2) is 13.0 Å². The third-order valence-corrected chi connectivity index (χ3v) is 7.72. The summed E-state index contributed by atoms with van der Waals surface area (Å²) in [5.41, 5.74) is 0.988. The van der Waals surface area contributed by atoms with Crippen molar-refractivity contribution in [3.63, 3.8) is 0 Å². The van der Waals surface area contributed by atoms with Crippen molar-refractivity contribution in [3.05, 3.63) is 77.8 Å². The van der Waals surface area contributed by atoms with E-state index >= 15 is 0 Å². The molecule has 10 nitrogen and oxygen atoms in total. The number of aromatic nitrogens is 1. The molecule has 0 spiro atoms. The van der Waals surface area contributed by atoms with E-state index < -0.39 is 44.6 Å². The van der Waals surface area contributed by atoms with Gasteiger partial charge >= 0.3 is 29.6 Å². The molecule has 2 amide bonds. The standard InChI is InChI=1S/C21H19N3O7S2.Na/c25-18(17(33(29,30)31)14-4-2-1-3-5-14)22-16-19(26)24-11-13(12-32-20(16)24)10-23-8-6-15(7-9-23)21(27)28;/h1-9,11,16-17,20H,10,12H2,(H2-,22,25,27,28,29,30,31);/q;+1/p-1/t16?,17?,20-;/m1./s1. The molecule has 1 N–H and O–H groups in total. The van der Waals surface area contributed by atoms with Crippen LogP contribution in [0.2, 0.25) is 0 Å². The largest absolute Gasteiger partial charge is 1.00 e. The average Bonchev–Trinajstić information content (AvgIpc) is 2.77. The van der Waals surface area contributed by atoms with Crippen LogP contribution in [-0.2, 0) is 26.3 Å². The molecule has 1 saturated heterocycles. The first kappa shape index (κ1) is 26.4. The molecular formula is C21H18N3NaO7S2. The molecule has 2 aliphatic rings. The van der Waals surface area contributed by atoms with Crippen LogP contribution in [0.3, 0.4) is 0 Å². The first-order valence-electron chi connectivity index (χ1n) is 9.79. The third-order valence-electron chi connectivity index (χ3n) is 5.28. The Morgan fingerprint density at radius 1 is 1.18 bits per heavy atom. The number of rotatable bonds is 7. The molecule has 0 radical (unpaired) electrons. The van der Waals surface area contributed by atoms with Gasteiger partial charge in [0.2, 0.25) is 5.91 Å². The van der Waals surface area contributed by atoms with Gasteiger partial charge in [-0.3, -0.25) is 9.59 Å². The quantitative estimate of drug-likeness (QED) is 0.171. The zero-order valence-corrected chi connectivity index (χ0v) is 21.6. The Bertz CT molecular complexity index is 1240. The molecule has 1 fully saturated rings. The molecule has 172 valence electrons. The van der Waals surface area contributed by atoms with Crippen LogP contribution in [0.25, 0.3) is 0 Å². The van der Waals surface area contributed by atoms with Crippen molar-refractivity contribution in [2.45, 2.75) is 23.2 Å². The molecule has 0 bridgehead atoms. The van der Waals surface area contributed by atoms with Crippen LogP contribution in [0.5, 0.6) is 0 Å². The van der Waals surface area contributed by atoms with Gasteiger partial charge in [0.1, 0.15) is 21.5 Å². The minimum atomic E-state index is -4.99. The molecule has 34 heavy (non-hydrogen) atoms. The van der Waals surface area contributed by atoms with Crippen molar-refractivity contribution in [1.82, 2.24) is 10.2 Å². The number of hydrogen-bond donors (Lipinski definition) is 1. The summed E-state index contributed by atoms with van der Waals surface area (Å²) in [7, 11) is -4.99. The van der Waals surface area contributed by atoms with Gasteiger partial charge in [-0.15, -0.1) is 11.8 Å². The summed E-state index contributed by atoms with van der Waals surface area (Å²) < 4.78 is 37.0. The Kier molecular flexibility index (Phi) is 8.22. The Morgan fingerprint density at radius 2 is 1.82 bits per heavy atom. The summed E-state index contributed by atoms with van der Waals surface area (Å²) in [5.74, 6) is -2.17. The first-order chi connectivity index (χ1) is 15.6. The van der Waals surface area contributed by atoms with Crippen LogP contribution < -0.4 is 44.5 Å². The van der Waals surface area contributed by atoms with E-state index in [0.717, 1.165) is 5.57 Å². The molecule has 4 rings (SSSR count). The van der Waals surface area contributed by atoms with E-state index in [0.29, 0.717) is 12.3 Å². The molecule has 2 aromatic rings. The molecule has 13 heteroatoms. The summed E-state index contributed by atoms with van der Waals surface area (Å²) in [4.78, 5) is 37.6. The van der Waals surface area contributed by atoms with Crippen LogP contribution in [0.1, 0.15) is 21.2 Å². The van der Waals surface area contributed by atoms with Crippen molar-refractivity contribution in [1.29, 1.82) is 0 Å². The smallest absolute Gasteiger partial charge is 0.747 e. The Balaban J connectivity index is 0.00000324. The second-order valence-corrected chi connectivity index (χ2v) is 10.1. The second-order valence-electron chi connectivity index (χ2n) is 7.55. The number of β-lactam (4-membered cyclic amide) rings is 1. The van der Waals surface area contributed by atoms with Gasteiger partial charge in [-0.05, 0) is 5.56 Å². The molecule has 1 aromatic heterocycles. The summed E-state index contributed by atoms with van der Waals surface area (Å²) in [6, 6.07) is 9.30. The van der Waals surface area contributed by atoms with Crippen LogP contribution in [0.15, 0.2) is 66.6 Å². The van der Waals surface area contributed by atoms with Gasteiger partial charge in [0.25, 0.3) is 5.91 Å². The van der Waals surface area contributed by atoms with Crippen molar-refractivity contribution in [2.24, 2.45) is 0 Å². The number of carbonyl (C=O) groups is 3. The Morgan fingerprint density at radius 3 is 2.41 bits per heavy atom. The maximum Gasteiger partial charge on any atom is 1.00 e. The number of carboxylic acids is 1. The predicted molar refractivity (Wildman–Crippen MR) is 113 cm³/mol. The molecule has 2 unspecified atom stereocenters. The molecule has 0 aliphatic carbocycles. The van der Waals surface area contributed by atoms with E-state index in [1.807, 2.05) is 0 Å². The second kappa shape index (κ2) is 10.6. The zero-order valence-electron chi connectivity index (χ0n) is 18.0. The number of nitrogens with one attached hydrogen (secondary N) is 1. The summed E-state index contributed by atoms with van der Waals surface area (Å²) in [6.45, 7) is 0.429. The fourth-order valence-corrected chi connectivity index (χ4v) is 5.76. The number of carbonyl (C=O) groups excluding carboxylic acids is 3. The average molecular weight is 512 g/mol. The van der Waals surface area contributed by atoms with Crippen LogP contribution in [-0.4, -0.2) is 52.8 Å². The van der Waals surface area contributed by atoms with Gasteiger partial charge in [0, 0.05) is 35.2 Å². The SMILES string of the molecule is O=C([O-])c1cc[n+](CC2=CN3C(=O)C(NC(=O)C(c4ccccc4)S(=O)(=O)[O-])[C@H]3SC2)cc1.[Na+]. The van der Waals surface area contributed by atoms with Gasteiger partial charge in [-0.1, -0.05) is 30.3 Å². The topological polar surface area (TPSA) is 151 Å². The molecule has 2 aliphatic heterocycles. The fourth-order valence-electron chi connectivity index (χ4n) is 3.69. The Labute approximate surface area is 222 Å². The number of benzene rings is 1. The fraction of sp³-hybridized carbons (Fsp3) is 0.238. The maximum atomic E-state index is 12.7. The number of thioether (sulfide) groups is 1. The monoisotopic (exact) mass is 511 g/mol. The summed E-state index contributed by atoms with van der Waals surface area (Å²) >= 11 is 1.39. The predicted octanol–water partition coefficient (Wildman–Crippen LogP) is -4.09. The first-order valence-corrected chi connectivity index (χ1v) is 12.3. The van der Waals surface area contributed by atoms with E-state index in [9.17, 15) is 32.5 Å². The van der Waals surface area contributed by atoms with E-state index in [-0.39, 0.29) is 40.7 Å². The minimum Gasteiger partial charge on any atom is -0.747 e. The van der Waals surface area contributed by atoms with Crippen molar-refractivity contribution < 1.29 is 66.6 Å². The number of nitrogens with zero attached hydrogens (tertiary/aromatic N) is 2. The van der Waals surface area contributed by atoms with Crippen molar-refractivity contribution in [3.8, 4) is 0 Å². The van der Waals surface area contributed by atoms with Gasteiger partial charge in [0.15, 0.2) is 24.2 Å². The molecule has 3 atom stereocenters. The molecule has 3 heterocycles. The Hall–Kier alpha value is -2.22. The number of amides is 2. The van der Waals surface area contributed by atoms with E-state index in [2.05, 4.69) is 5.32 Å². The number of carboxylic acid groups (broad SMARTS) is 1. The van der Waals surface area contributed by atoms with Crippen LogP contribution in [0, 0.1) is 0 Å². The zero-order chi connectivity index (χ0) is 23.8. The molecular weight excluding hydrogens is 493 g/mol. The van der Waals surface area contributed by atoms with Gasteiger partial charge in [-0.2, -0.15) is 0 Å². The number of fused-ring (bicyclic) bond motifs is 1. The van der Waals surface area contributed by atoms with Crippen molar-refractivity contribution in [2.75, 3.05) is 5.75 Å². The number of hydrogen-bond acceptors (Lipinski definition) is 8. The molecule has 1 aromatic carbocycles. The van der Waals surface area contributed by atoms with Crippen molar-refractivity contribution >= 4 is 39.7 Å². The van der Waals surface area contributed by atoms with Crippen LogP contribution in [0.4, 0.5) is 0 Å². The maximum absolute atomic E-state index is 12.7. The van der Waals surface area contributed by atoms with E-state index in [1.165, 1.54) is 53.1 Å². The minimum absolute atomic E-state index is 0. The van der Waals surface area contributed by atoms with Crippen LogP contribution >= 0.6 is 11.8 Å². The number of pyridine rings is 1. The third kappa shape index (κ3) is 5.53. The van der Waals surface area contributed by atoms with E-state index in [4.69, 9.17) is 0 Å². The number of aromatic carboxylic acids is 1.